The molecule has 0 aliphatic heterocycles. The Bertz CT molecular complexity index is 121. The maximum Gasteiger partial charge on any atom is 0.0238 e. The van der Waals surface area contributed by atoms with Gasteiger partial charge >= 0.3 is 0 Å². The minimum Gasteiger partial charge on any atom is -0.271 e. The molecule has 0 aromatic rings. The average Bonchev–Trinajstić information content (AvgIpc) is 2.88. The predicted molar refractivity (Wildman–Crippen MR) is 52.5 cm³/mol. The number of nitrogens with two attached hydrogens (primary N) is 1. The van der Waals surface area contributed by atoms with Crippen LogP contribution in [0.3, 0.4) is 0 Å². The van der Waals surface area contributed by atoms with Gasteiger partial charge in [-0.3, -0.25) is 11.3 Å². The van der Waals surface area contributed by atoms with Crippen molar-refractivity contribution in [2.75, 3.05) is 0 Å². The zero-order valence-electron chi connectivity index (χ0n) is 8.34. The summed E-state index contributed by atoms with van der Waals surface area (Å²) < 4.78 is 0. The Morgan fingerprint density at radius 1 is 1.50 bits per heavy atom. The Balaban J connectivity index is 2.22. The van der Waals surface area contributed by atoms with Gasteiger partial charge in [-0.25, -0.2) is 0 Å². The summed E-state index contributed by atoms with van der Waals surface area (Å²) in [6.45, 7) is 4.56. The third-order valence-corrected chi connectivity index (χ3v) is 3.08. The molecule has 2 unspecified atom stereocenters. The van der Waals surface area contributed by atoms with Crippen molar-refractivity contribution in [3.05, 3.63) is 0 Å². The number of hydrogen-bond donors (Lipinski definition) is 2. The fraction of sp³-hybridized carbons (Fsp3) is 1.00. The Morgan fingerprint density at radius 2 is 2.17 bits per heavy atom. The molecule has 0 spiro atoms. The summed E-state index contributed by atoms with van der Waals surface area (Å²) in [5.41, 5.74) is 2.96. The van der Waals surface area contributed by atoms with Crippen molar-refractivity contribution in [2.24, 2.45) is 17.7 Å². The van der Waals surface area contributed by atoms with Crippen molar-refractivity contribution in [3.63, 3.8) is 0 Å². The molecule has 0 saturated heterocycles. The van der Waals surface area contributed by atoms with E-state index in [0.29, 0.717) is 6.04 Å². The smallest absolute Gasteiger partial charge is 0.0238 e. The lowest BCUT2D eigenvalue weighted by Gasteiger charge is -2.22. The van der Waals surface area contributed by atoms with E-state index in [2.05, 4.69) is 19.3 Å². The highest BCUT2D eigenvalue weighted by molar-refractivity contribution is 4.85. The minimum atomic E-state index is 0.553. The number of hydrazine groups is 1. The molecule has 1 rings (SSSR count). The van der Waals surface area contributed by atoms with Crippen LogP contribution in [0.4, 0.5) is 0 Å². The largest absolute Gasteiger partial charge is 0.271 e. The zero-order valence-corrected chi connectivity index (χ0v) is 8.34. The van der Waals surface area contributed by atoms with Crippen molar-refractivity contribution in [3.8, 4) is 0 Å². The molecule has 2 atom stereocenters. The highest BCUT2D eigenvalue weighted by Crippen LogP contribution is 2.38. The van der Waals surface area contributed by atoms with Gasteiger partial charge in [-0.1, -0.05) is 26.7 Å². The third-order valence-electron chi connectivity index (χ3n) is 3.08. The van der Waals surface area contributed by atoms with E-state index in [0.717, 1.165) is 11.8 Å². The van der Waals surface area contributed by atoms with E-state index in [9.17, 15) is 0 Å². The normalized spacial score (nSPS) is 22.2. The van der Waals surface area contributed by atoms with Crippen LogP contribution in [0.15, 0.2) is 0 Å². The SMILES string of the molecule is CCCCC(NN)C(C)C1CC1. The van der Waals surface area contributed by atoms with Gasteiger partial charge in [0.1, 0.15) is 0 Å². The molecule has 1 fully saturated rings. The van der Waals surface area contributed by atoms with Crippen LogP contribution in [0.25, 0.3) is 0 Å². The van der Waals surface area contributed by atoms with Crippen molar-refractivity contribution < 1.29 is 0 Å². The van der Waals surface area contributed by atoms with E-state index in [4.69, 9.17) is 5.84 Å². The lowest BCUT2D eigenvalue weighted by Crippen LogP contribution is -2.40. The Kier molecular flexibility index (Phi) is 4.02. The Labute approximate surface area is 75.9 Å². The monoisotopic (exact) mass is 170 g/mol. The summed E-state index contributed by atoms with van der Waals surface area (Å²) in [6, 6.07) is 0.553. The van der Waals surface area contributed by atoms with Crippen LogP contribution in [-0.2, 0) is 0 Å². The van der Waals surface area contributed by atoms with Crippen molar-refractivity contribution in [1.29, 1.82) is 0 Å². The second-order valence-electron chi connectivity index (χ2n) is 4.11. The first-order valence-corrected chi connectivity index (χ1v) is 5.25. The van der Waals surface area contributed by atoms with Crippen LogP contribution in [0.5, 0.6) is 0 Å². The van der Waals surface area contributed by atoms with Gasteiger partial charge in [-0.05, 0) is 31.1 Å². The molecule has 2 nitrogen and oxygen atoms in total. The first kappa shape index (κ1) is 10.0. The molecule has 12 heavy (non-hydrogen) atoms. The number of hydrogen-bond acceptors (Lipinski definition) is 2. The Hall–Kier alpha value is -0.0800. The molecule has 72 valence electrons. The van der Waals surface area contributed by atoms with Crippen molar-refractivity contribution in [1.82, 2.24) is 5.43 Å². The molecule has 3 N–H and O–H groups in total. The van der Waals surface area contributed by atoms with E-state index < -0.39 is 0 Å². The number of unbranched alkanes of at least 4 members (excludes halogenated alkanes) is 1. The maximum absolute atomic E-state index is 5.53. The van der Waals surface area contributed by atoms with Crippen molar-refractivity contribution >= 4 is 0 Å². The summed E-state index contributed by atoms with van der Waals surface area (Å²) >= 11 is 0. The molecule has 1 aliphatic carbocycles. The molecule has 0 amide bonds. The van der Waals surface area contributed by atoms with E-state index >= 15 is 0 Å². The van der Waals surface area contributed by atoms with Gasteiger partial charge in [0, 0.05) is 6.04 Å². The van der Waals surface area contributed by atoms with Gasteiger partial charge < -0.3 is 0 Å². The first-order valence-electron chi connectivity index (χ1n) is 5.25. The maximum atomic E-state index is 5.53. The quantitative estimate of drug-likeness (QED) is 0.473. The number of nitrogens with one attached hydrogen (secondary N) is 1. The topological polar surface area (TPSA) is 38.0 Å². The van der Waals surface area contributed by atoms with Crippen LogP contribution in [0.2, 0.25) is 0 Å². The van der Waals surface area contributed by atoms with Gasteiger partial charge in [0.05, 0.1) is 0 Å². The average molecular weight is 170 g/mol. The fourth-order valence-corrected chi connectivity index (χ4v) is 1.87. The van der Waals surface area contributed by atoms with E-state index in [1.54, 1.807) is 0 Å². The highest BCUT2D eigenvalue weighted by atomic mass is 15.2. The summed E-state index contributed by atoms with van der Waals surface area (Å²) in [7, 11) is 0. The molecule has 2 heteroatoms. The van der Waals surface area contributed by atoms with E-state index in [1.165, 1.54) is 32.1 Å². The summed E-state index contributed by atoms with van der Waals surface area (Å²) in [6.07, 6.45) is 6.66. The van der Waals surface area contributed by atoms with Crippen LogP contribution in [0, 0.1) is 11.8 Å². The molecule has 0 radical (unpaired) electrons. The molecule has 0 heterocycles. The Morgan fingerprint density at radius 3 is 2.58 bits per heavy atom. The van der Waals surface area contributed by atoms with Gasteiger partial charge in [-0.2, -0.15) is 0 Å². The standard InChI is InChI=1S/C10H22N2/c1-3-4-5-10(12-11)8(2)9-6-7-9/h8-10,12H,3-7,11H2,1-2H3. The first-order chi connectivity index (χ1) is 5.79. The predicted octanol–water partition coefficient (Wildman–Crippen LogP) is 2.05. The summed E-state index contributed by atoms with van der Waals surface area (Å²) in [5.74, 6) is 7.27. The van der Waals surface area contributed by atoms with Gasteiger partial charge in [0.2, 0.25) is 0 Å². The molecule has 1 aliphatic rings. The van der Waals surface area contributed by atoms with Gasteiger partial charge in [0.25, 0.3) is 0 Å². The molecular weight excluding hydrogens is 148 g/mol. The number of rotatable bonds is 6. The van der Waals surface area contributed by atoms with Crippen LogP contribution in [-0.4, -0.2) is 6.04 Å². The van der Waals surface area contributed by atoms with Gasteiger partial charge in [-0.15, -0.1) is 0 Å². The highest BCUT2D eigenvalue weighted by Gasteiger charge is 2.32. The molecular formula is C10H22N2. The second kappa shape index (κ2) is 4.83. The van der Waals surface area contributed by atoms with E-state index in [-0.39, 0.29) is 0 Å². The van der Waals surface area contributed by atoms with E-state index in [1.807, 2.05) is 0 Å². The van der Waals surface area contributed by atoms with Crippen molar-refractivity contribution in [2.45, 2.75) is 52.0 Å². The lowest BCUT2D eigenvalue weighted by atomic mass is 9.93. The van der Waals surface area contributed by atoms with Crippen LogP contribution >= 0.6 is 0 Å². The molecule has 0 aromatic heterocycles. The van der Waals surface area contributed by atoms with Crippen LogP contribution < -0.4 is 11.3 Å². The van der Waals surface area contributed by atoms with Gasteiger partial charge in [0.15, 0.2) is 0 Å². The second-order valence-corrected chi connectivity index (χ2v) is 4.11. The minimum absolute atomic E-state index is 0.553. The lowest BCUT2D eigenvalue weighted by molar-refractivity contribution is 0.322. The van der Waals surface area contributed by atoms with Crippen LogP contribution in [0.1, 0.15) is 46.0 Å². The summed E-state index contributed by atoms with van der Waals surface area (Å²) in [5, 5.41) is 0. The fourth-order valence-electron chi connectivity index (χ4n) is 1.87. The zero-order chi connectivity index (χ0) is 8.97. The summed E-state index contributed by atoms with van der Waals surface area (Å²) in [4.78, 5) is 0. The molecule has 1 saturated carbocycles. The third kappa shape index (κ3) is 2.76. The molecule has 0 aromatic carbocycles. The molecule has 0 bridgehead atoms.